The molecule has 0 N–H and O–H groups in total. The topological polar surface area (TPSA) is 43.2 Å². The molecule has 0 radical (unpaired) electrons. The van der Waals surface area contributed by atoms with Crippen LogP contribution in [0.1, 0.15) is 22.3 Å². The molecule has 0 aliphatic carbocycles. The number of rotatable bonds is 3. The molecule has 0 atom stereocenters. The Morgan fingerprint density at radius 2 is 0.850 bits per heavy atom. The van der Waals surface area contributed by atoms with E-state index in [1.54, 1.807) is 0 Å². The van der Waals surface area contributed by atoms with Crippen molar-refractivity contribution in [3.63, 3.8) is 0 Å². The lowest BCUT2D eigenvalue weighted by atomic mass is 9.91. The summed E-state index contributed by atoms with van der Waals surface area (Å²) in [6, 6.07) is 41.8. The second kappa shape index (κ2) is 9.21. The summed E-state index contributed by atoms with van der Waals surface area (Å²) in [4.78, 5) is 10.3. The quantitative estimate of drug-likeness (QED) is 0.236. The SMILES string of the molecule is c1ccc2c(c1)CO/C2=N\c1ccc2ccccc2c1-c1c(/N=C2\OCc3ccccc32)ccc2ccccc12. The minimum atomic E-state index is 0.530. The van der Waals surface area contributed by atoms with Crippen molar-refractivity contribution < 1.29 is 9.47 Å². The highest BCUT2D eigenvalue weighted by Gasteiger charge is 2.23. The first-order valence-electron chi connectivity index (χ1n) is 13.5. The molecular formula is C36H24N2O2. The Morgan fingerprint density at radius 3 is 1.35 bits per heavy atom. The number of aliphatic imine (C=N–C) groups is 2. The lowest BCUT2D eigenvalue weighted by Gasteiger charge is -2.16. The average molecular weight is 517 g/mol. The molecule has 0 amide bonds. The predicted octanol–water partition coefficient (Wildman–Crippen LogP) is 8.88. The summed E-state index contributed by atoms with van der Waals surface area (Å²) in [6.45, 7) is 1.06. The third-order valence-corrected chi connectivity index (χ3v) is 7.73. The fraction of sp³-hybridized carbons (Fsp3) is 0.0556. The first kappa shape index (κ1) is 22.7. The normalized spacial score (nSPS) is 15.8. The Kier molecular flexibility index (Phi) is 5.23. The summed E-state index contributed by atoms with van der Waals surface area (Å²) in [5.74, 6) is 1.29. The molecule has 0 bridgehead atoms. The van der Waals surface area contributed by atoms with Crippen molar-refractivity contribution >= 4 is 44.7 Å². The van der Waals surface area contributed by atoms with Gasteiger partial charge >= 0.3 is 0 Å². The molecule has 0 saturated carbocycles. The standard InChI is InChI=1S/C36H24N2O2/c1-5-13-27-23(9-1)17-19-31(37-35-29-15-7-3-11-25(29)21-39-35)33(27)34-28-14-6-2-10-24(28)18-20-32(34)38-36-30-16-8-4-12-26(30)22-40-36/h1-20H,21-22H2/b37-35-,38-36-. The van der Waals surface area contributed by atoms with Crippen LogP contribution in [-0.2, 0) is 22.7 Å². The van der Waals surface area contributed by atoms with Gasteiger partial charge in [-0.25, -0.2) is 9.98 Å². The molecule has 6 aromatic carbocycles. The first-order chi connectivity index (χ1) is 19.8. The van der Waals surface area contributed by atoms with Gasteiger partial charge in [-0.3, -0.25) is 0 Å². The highest BCUT2D eigenvalue weighted by molar-refractivity contribution is 6.14. The van der Waals surface area contributed by atoms with E-state index in [2.05, 4.69) is 97.1 Å². The highest BCUT2D eigenvalue weighted by atomic mass is 16.5. The molecule has 2 aliphatic rings. The lowest BCUT2D eigenvalue weighted by molar-refractivity contribution is 0.313. The van der Waals surface area contributed by atoms with Crippen LogP contribution in [0.3, 0.4) is 0 Å². The van der Waals surface area contributed by atoms with Crippen molar-refractivity contribution in [1.29, 1.82) is 0 Å². The molecule has 0 aromatic heterocycles. The molecule has 4 nitrogen and oxygen atoms in total. The zero-order valence-electron chi connectivity index (χ0n) is 21.7. The maximum absolute atomic E-state index is 6.10. The van der Waals surface area contributed by atoms with Crippen LogP contribution in [0.2, 0.25) is 0 Å². The highest BCUT2D eigenvalue weighted by Crippen LogP contribution is 2.46. The van der Waals surface area contributed by atoms with Gasteiger partial charge in [0.15, 0.2) is 0 Å². The summed E-state index contributed by atoms with van der Waals surface area (Å²) >= 11 is 0. The largest absolute Gasteiger partial charge is 0.472 e. The minimum Gasteiger partial charge on any atom is -0.472 e. The van der Waals surface area contributed by atoms with Gasteiger partial charge < -0.3 is 9.47 Å². The average Bonchev–Trinajstić information content (AvgIpc) is 3.61. The van der Waals surface area contributed by atoms with Crippen molar-refractivity contribution in [3.8, 4) is 11.1 Å². The zero-order chi connectivity index (χ0) is 26.5. The smallest absolute Gasteiger partial charge is 0.222 e. The van der Waals surface area contributed by atoms with Crippen LogP contribution in [0.5, 0.6) is 0 Å². The first-order valence-corrected chi connectivity index (χ1v) is 13.5. The maximum Gasteiger partial charge on any atom is 0.222 e. The maximum atomic E-state index is 6.10. The van der Waals surface area contributed by atoms with Crippen LogP contribution < -0.4 is 0 Å². The fourth-order valence-electron chi connectivity index (χ4n) is 5.79. The van der Waals surface area contributed by atoms with Crippen molar-refractivity contribution in [3.05, 3.63) is 144 Å². The third kappa shape index (κ3) is 3.69. The Morgan fingerprint density at radius 1 is 0.425 bits per heavy atom. The van der Waals surface area contributed by atoms with Crippen molar-refractivity contribution in [2.24, 2.45) is 9.98 Å². The van der Waals surface area contributed by atoms with E-state index < -0.39 is 0 Å². The Hall–Kier alpha value is -5.22. The Labute approximate surface area is 231 Å². The van der Waals surface area contributed by atoms with Gasteiger partial charge in [-0.1, -0.05) is 97.1 Å². The molecule has 6 aromatic rings. The van der Waals surface area contributed by atoms with Gasteiger partial charge in [0.2, 0.25) is 11.8 Å². The number of fused-ring (bicyclic) bond motifs is 4. The van der Waals surface area contributed by atoms with Crippen molar-refractivity contribution in [2.75, 3.05) is 0 Å². The van der Waals surface area contributed by atoms with Crippen LogP contribution in [0.15, 0.2) is 131 Å². The van der Waals surface area contributed by atoms with Gasteiger partial charge in [0.1, 0.15) is 13.2 Å². The summed E-state index contributed by atoms with van der Waals surface area (Å²) in [6.07, 6.45) is 0. The van der Waals surface area contributed by atoms with E-state index in [1.165, 1.54) is 0 Å². The van der Waals surface area contributed by atoms with E-state index in [0.29, 0.717) is 25.0 Å². The predicted molar refractivity (Wildman–Crippen MR) is 162 cm³/mol. The van der Waals surface area contributed by atoms with E-state index in [1.807, 2.05) is 24.3 Å². The lowest BCUT2D eigenvalue weighted by Crippen LogP contribution is -1.98. The van der Waals surface area contributed by atoms with Crippen molar-refractivity contribution in [2.45, 2.75) is 13.2 Å². The second-order valence-electron chi connectivity index (χ2n) is 10.1. The molecule has 8 rings (SSSR count). The third-order valence-electron chi connectivity index (χ3n) is 7.73. The number of hydrogen-bond donors (Lipinski definition) is 0. The van der Waals surface area contributed by atoms with E-state index >= 15 is 0 Å². The molecule has 4 heteroatoms. The number of hydrogen-bond acceptors (Lipinski definition) is 4. The van der Waals surface area contributed by atoms with Crippen LogP contribution >= 0.6 is 0 Å². The zero-order valence-corrected chi connectivity index (χ0v) is 21.7. The molecule has 0 spiro atoms. The van der Waals surface area contributed by atoms with Gasteiger partial charge in [0, 0.05) is 33.4 Å². The van der Waals surface area contributed by atoms with Gasteiger partial charge in [-0.15, -0.1) is 0 Å². The monoisotopic (exact) mass is 516 g/mol. The number of ether oxygens (including phenoxy) is 2. The summed E-state index contributed by atoms with van der Waals surface area (Å²) in [5.41, 5.74) is 8.12. The van der Waals surface area contributed by atoms with E-state index in [9.17, 15) is 0 Å². The van der Waals surface area contributed by atoms with Crippen LogP contribution in [-0.4, -0.2) is 11.8 Å². The summed E-state index contributed by atoms with van der Waals surface area (Å²) < 4.78 is 12.2. The molecule has 2 heterocycles. The van der Waals surface area contributed by atoms with Gasteiger partial charge in [0.05, 0.1) is 11.4 Å². The van der Waals surface area contributed by atoms with Crippen LogP contribution in [0.25, 0.3) is 32.7 Å². The Balaban J connectivity index is 1.43. The molecule has 0 unspecified atom stereocenters. The van der Waals surface area contributed by atoms with E-state index in [-0.39, 0.29) is 0 Å². The fourth-order valence-corrected chi connectivity index (χ4v) is 5.79. The van der Waals surface area contributed by atoms with Crippen molar-refractivity contribution in [1.82, 2.24) is 0 Å². The number of nitrogens with zero attached hydrogens (tertiary/aromatic N) is 2. The van der Waals surface area contributed by atoms with E-state index in [0.717, 1.165) is 66.3 Å². The Bertz CT molecular complexity index is 1880. The molecule has 2 aliphatic heterocycles. The molecule has 0 fully saturated rings. The molecular weight excluding hydrogens is 492 g/mol. The summed E-state index contributed by atoms with van der Waals surface area (Å²) in [5, 5.41) is 4.51. The van der Waals surface area contributed by atoms with E-state index in [4.69, 9.17) is 19.5 Å². The second-order valence-corrected chi connectivity index (χ2v) is 10.1. The molecule has 40 heavy (non-hydrogen) atoms. The van der Waals surface area contributed by atoms with Gasteiger partial charge in [0.25, 0.3) is 0 Å². The van der Waals surface area contributed by atoms with Gasteiger partial charge in [-0.2, -0.15) is 0 Å². The van der Waals surface area contributed by atoms with Crippen LogP contribution in [0.4, 0.5) is 11.4 Å². The van der Waals surface area contributed by atoms with Gasteiger partial charge in [-0.05, 0) is 45.8 Å². The molecule has 0 saturated heterocycles. The van der Waals surface area contributed by atoms with Crippen LogP contribution in [0, 0.1) is 0 Å². The minimum absolute atomic E-state index is 0.530. The molecule has 190 valence electrons. The number of benzene rings is 6. The summed E-state index contributed by atoms with van der Waals surface area (Å²) in [7, 11) is 0.